The number of hydrogen-bond donors (Lipinski definition) is 1. The van der Waals surface area contributed by atoms with E-state index in [0.717, 1.165) is 39.1 Å². The molecule has 2 unspecified atom stereocenters. The minimum absolute atomic E-state index is 0.140. The summed E-state index contributed by atoms with van der Waals surface area (Å²) in [6, 6.07) is 0.456. The Labute approximate surface area is 145 Å². The molecule has 6 heteroatoms. The first kappa shape index (κ1) is 17.7. The quantitative estimate of drug-likeness (QED) is 0.814. The highest BCUT2D eigenvalue weighted by atomic mass is 16.2. The third kappa shape index (κ3) is 4.28. The third-order valence-electron chi connectivity index (χ3n) is 5.84. The van der Waals surface area contributed by atoms with Crippen LogP contribution in [0, 0.1) is 5.92 Å². The number of likely N-dealkylation sites (tertiary alicyclic amines) is 1. The maximum Gasteiger partial charge on any atom is 0.237 e. The second-order valence-corrected chi connectivity index (χ2v) is 7.64. The number of piperazine rings is 1. The Morgan fingerprint density at radius 3 is 2.42 bits per heavy atom. The van der Waals surface area contributed by atoms with Gasteiger partial charge in [0.05, 0.1) is 13.1 Å². The van der Waals surface area contributed by atoms with Gasteiger partial charge in [0.15, 0.2) is 0 Å². The number of rotatable bonds is 4. The zero-order valence-corrected chi connectivity index (χ0v) is 15.0. The van der Waals surface area contributed by atoms with Crippen LogP contribution in [0.3, 0.4) is 0 Å². The van der Waals surface area contributed by atoms with Crippen molar-refractivity contribution in [1.29, 1.82) is 0 Å². The molecule has 136 valence electrons. The summed E-state index contributed by atoms with van der Waals surface area (Å²) in [5.41, 5.74) is 0. The molecular weight excluding hydrogens is 304 g/mol. The van der Waals surface area contributed by atoms with Crippen molar-refractivity contribution in [3.63, 3.8) is 0 Å². The molecule has 2 amide bonds. The van der Waals surface area contributed by atoms with E-state index in [9.17, 15) is 9.59 Å². The molecule has 0 radical (unpaired) electrons. The number of likely N-dealkylation sites (N-methyl/N-ethyl adjacent to an activating group) is 1. The molecule has 1 aliphatic carbocycles. The van der Waals surface area contributed by atoms with Gasteiger partial charge in [-0.25, -0.2) is 0 Å². The fourth-order valence-corrected chi connectivity index (χ4v) is 4.56. The van der Waals surface area contributed by atoms with Crippen molar-refractivity contribution in [2.45, 2.75) is 44.6 Å². The first-order valence-electron chi connectivity index (χ1n) is 9.61. The first-order valence-corrected chi connectivity index (χ1v) is 9.61. The molecule has 2 atom stereocenters. The van der Waals surface area contributed by atoms with Crippen LogP contribution in [0.1, 0.15) is 38.5 Å². The average Bonchev–Trinajstić information content (AvgIpc) is 2.61. The predicted octanol–water partition coefficient (Wildman–Crippen LogP) is 0.531. The van der Waals surface area contributed by atoms with Crippen molar-refractivity contribution in [3.8, 4) is 0 Å². The van der Waals surface area contributed by atoms with Gasteiger partial charge in [0.1, 0.15) is 0 Å². The van der Waals surface area contributed by atoms with Crippen LogP contribution in [0.5, 0.6) is 0 Å². The van der Waals surface area contributed by atoms with Crippen LogP contribution in [0.15, 0.2) is 0 Å². The predicted molar refractivity (Wildman–Crippen MR) is 93.6 cm³/mol. The van der Waals surface area contributed by atoms with E-state index in [1.54, 1.807) is 0 Å². The van der Waals surface area contributed by atoms with Gasteiger partial charge in [-0.2, -0.15) is 0 Å². The maximum atomic E-state index is 12.8. The van der Waals surface area contributed by atoms with Gasteiger partial charge < -0.3 is 15.1 Å². The molecule has 3 fully saturated rings. The Morgan fingerprint density at radius 1 is 0.958 bits per heavy atom. The molecule has 1 saturated carbocycles. The standard InChI is InChI=1S/C18H32N4O2/c1-20(13-17(23)21-11-8-19-9-12-21)14-18(24)22-10-4-6-15-5-2-3-7-16(15)22/h15-16,19H,2-14H2,1H3. The van der Waals surface area contributed by atoms with Crippen LogP contribution < -0.4 is 5.32 Å². The van der Waals surface area contributed by atoms with E-state index in [-0.39, 0.29) is 11.8 Å². The molecule has 3 aliphatic rings. The van der Waals surface area contributed by atoms with Crippen LogP contribution in [-0.2, 0) is 9.59 Å². The van der Waals surface area contributed by atoms with E-state index in [0.29, 0.717) is 25.0 Å². The number of piperidine rings is 1. The number of carbonyl (C=O) groups excluding carboxylic acids is 2. The maximum absolute atomic E-state index is 12.8. The van der Waals surface area contributed by atoms with Crippen LogP contribution in [0.2, 0.25) is 0 Å². The van der Waals surface area contributed by atoms with Crippen molar-refractivity contribution in [1.82, 2.24) is 20.0 Å². The molecular formula is C18H32N4O2. The van der Waals surface area contributed by atoms with Gasteiger partial charge >= 0.3 is 0 Å². The average molecular weight is 336 g/mol. The highest BCUT2D eigenvalue weighted by Crippen LogP contribution is 2.35. The lowest BCUT2D eigenvalue weighted by Crippen LogP contribution is -2.53. The molecule has 0 bridgehead atoms. The van der Waals surface area contributed by atoms with Crippen molar-refractivity contribution >= 4 is 11.8 Å². The molecule has 2 aliphatic heterocycles. The van der Waals surface area contributed by atoms with Gasteiger partial charge in [0, 0.05) is 38.8 Å². The number of carbonyl (C=O) groups is 2. The first-order chi connectivity index (χ1) is 11.6. The van der Waals surface area contributed by atoms with Gasteiger partial charge in [-0.05, 0) is 38.6 Å². The van der Waals surface area contributed by atoms with Crippen LogP contribution in [0.4, 0.5) is 0 Å². The Hall–Kier alpha value is -1.14. The monoisotopic (exact) mass is 336 g/mol. The molecule has 0 spiro atoms. The highest BCUT2D eigenvalue weighted by molar-refractivity contribution is 5.81. The summed E-state index contributed by atoms with van der Waals surface area (Å²) in [5, 5.41) is 3.26. The topological polar surface area (TPSA) is 55.9 Å². The Balaban J connectivity index is 1.48. The summed E-state index contributed by atoms with van der Waals surface area (Å²) in [6.45, 7) is 4.89. The SMILES string of the molecule is CN(CC(=O)N1CCNCC1)CC(=O)N1CCCC2CCCCC21. The Bertz CT molecular complexity index is 448. The highest BCUT2D eigenvalue weighted by Gasteiger charge is 2.35. The fourth-order valence-electron chi connectivity index (χ4n) is 4.56. The lowest BCUT2D eigenvalue weighted by atomic mass is 9.78. The van der Waals surface area contributed by atoms with Gasteiger partial charge in [0.2, 0.25) is 11.8 Å². The molecule has 3 rings (SSSR count). The summed E-state index contributed by atoms with van der Waals surface area (Å²) < 4.78 is 0. The minimum Gasteiger partial charge on any atom is -0.339 e. The number of hydrogen-bond acceptors (Lipinski definition) is 4. The van der Waals surface area contributed by atoms with E-state index >= 15 is 0 Å². The van der Waals surface area contributed by atoms with Crippen molar-refractivity contribution in [2.75, 3.05) is 52.9 Å². The van der Waals surface area contributed by atoms with Crippen molar-refractivity contribution in [2.24, 2.45) is 5.92 Å². The molecule has 6 nitrogen and oxygen atoms in total. The molecule has 0 aromatic carbocycles. The zero-order chi connectivity index (χ0) is 16.9. The summed E-state index contributed by atoms with van der Waals surface area (Å²) in [4.78, 5) is 31.0. The molecule has 2 heterocycles. The van der Waals surface area contributed by atoms with Gasteiger partial charge in [-0.15, -0.1) is 0 Å². The lowest BCUT2D eigenvalue weighted by Gasteiger charge is -2.44. The van der Waals surface area contributed by atoms with Gasteiger partial charge in [-0.3, -0.25) is 14.5 Å². The summed E-state index contributed by atoms with van der Waals surface area (Å²) in [7, 11) is 1.89. The van der Waals surface area contributed by atoms with E-state index in [1.807, 2.05) is 16.8 Å². The molecule has 24 heavy (non-hydrogen) atoms. The molecule has 0 aromatic rings. The van der Waals surface area contributed by atoms with E-state index in [4.69, 9.17) is 0 Å². The number of fused-ring (bicyclic) bond motifs is 1. The lowest BCUT2D eigenvalue weighted by molar-refractivity contribution is -0.139. The van der Waals surface area contributed by atoms with Gasteiger partial charge in [-0.1, -0.05) is 12.8 Å². The smallest absolute Gasteiger partial charge is 0.237 e. The molecule has 2 saturated heterocycles. The van der Waals surface area contributed by atoms with E-state index < -0.39 is 0 Å². The summed E-state index contributed by atoms with van der Waals surface area (Å²) >= 11 is 0. The second kappa shape index (κ2) is 8.30. The Kier molecular flexibility index (Phi) is 6.11. The number of nitrogens with one attached hydrogen (secondary N) is 1. The third-order valence-corrected chi connectivity index (χ3v) is 5.84. The molecule has 0 aromatic heterocycles. The summed E-state index contributed by atoms with van der Waals surface area (Å²) in [5.74, 6) is 1.06. The fraction of sp³-hybridized carbons (Fsp3) is 0.889. The number of nitrogens with zero attached hydrogens (tertiary/aromatic N) is 3. The second-order valence-electron chi connectivity index (χ2n) is 7.64. The molecule has 1 N–H and O–H groups in total. The van der Waals surface area contributed by atoms with E-state index in [1.165, 1.54) is 32.1 Å². The largest absolute Gasteiger partial charge is 0.339 e. The normalized spacial score (nSPS) is 27.9. The van der Waals surface area contributed by atoms with Crippen molar-refractivity contribution < 1.29 is 9.59 Å². The van der Waals surface area contributed by atoms with Crippen LogP contribution in [-0.4, -0.2) is 85.4 Å². The number of amides is 2. The Morgan fingerprint density at radius 2 is 1.62 bits per heavy atom. The zero-order valence-electron chi connectivity index (χ0n) is 15.0. The van der Waals surface area contributed by atoms with E-state index in [2.05, 4.69) is 10.2 Å². The van der Waals surface area contributed by atoms with Crippen molar-refractivity contribution in [3.05, 3.63) is 0 Å². The van der Waals surface area contributed by atoms with Crippen LogP contribution >= 0.6 is 0 Å². The van der Waals surface area contributed by atoms with Gasteiger partial charge in [0.25, 0.3) is 0 Å². The van der Waals surface area contributed by atoms with Crippen LogP contribution in [0.25, 0.3) is 0 Å². The summed E-state index contributed by atoms with van der Waals surface area (Å²) in [6.07, 6.45) is 7.44. The minimum atomic E-state index is 0.140.